The molecule has 2 N–H and O–H groups in total. The van der Waals surface area contributed by atoms with Crippen LogP contribution in [-0.2, 0) is 4.79 Å². The van der Waals surface area contributed by atoms with Crippen LogP contribution in [0.25, 0.3) is 10.8 Å². The van der Waals surface area contributed by atoms with Crippen molar-refractivity contribution in [1.29, 1.82) is 0 Å². The largest absolute Gasteiger partial charge is 0.480 e. The molecule has 2 unspecified atom stereocenters. The van der Waals surface area contributed by atoms with Gasteiger partial charge in [0.05, 0.1) is 11.3 Å². The van der Waals surface area contributed by atoms with Crippen molar-refractivity contribution in [2.24, 2.45) is 11.3 Å². The number of carboxylic acids is 1. The van der Waals surface area contributed by atoms with E-state index in [0.717, 1.165) is 23.6 Å². The molecule has 4 aliphatic rings. The van der Waals surface area contributed by atoms with E-state index in [2.05, 4.69) is 5.32 Å². The third kappa shape index (κ3) is 5.44. The van der Waals surface area contributed by atoms with E-state index in [9.17, 15) is 27.9 Å². The molecule has 4 saturated carbocycles. The molecule has 3 atom stereocenters. The molecule has 3 aromatic rings. The number of carbonyl (C=O) groups excluding carboxylic acids is 1. The number of amides is 1. The van der Waals surface area contributed by atoms with Crippen LogP contribution in [-0.4, -0.2) is 45.3 Å². The maximum atomic E-state index is 14.0. The van der Waals surface area contributed by atoms with Gasteiger partial charge in [-0.05, 0) is 91.9 Å². The Kier molecular flexibility index (Phi) is 7.18. The Balaban J connectivity index is 1.36. The zero-order valence-electron chi connectivity index (χ0n) is 22.7. The number of nitrogens with one attached hydrogen (secondary N) is 1. The molecular weight excluding hydrogens is 608 g/mol. The molecule has 4 fully saturated rings. The SMILES string of the molecule is CN(c1ccc(SC(F)(F)F)cc1)c1c(C(=O)N[C@H](C(=O)O)C23CC4CC(Cl)(CC(Cl)(C4)C2)C3)ccc2ccccc12. The van der Waals surface area contributed by atoms with Gasteiger partial charge in [0.25, 0.3) is 5.91 Å². The van der Waals surface area contributed by atoms with E-state index in [-0.39, 0.29) is 28.1 Å². The Labute approximate surface area is 255 Å². The lowest BCUT2D eigenvalue weighted by atomic mass is 9.47. The second kappa shape index (κ2) is 10.2. The molecular formula is C31H29Cl2F3N2O3S. The predicted octanol–water partition coefficient (Wildman–Crippen LogP) is 8.34. The number of aliphatic carboxylic acids is 1. The summed E-state index contributed by atoms with van der Waals surface area (Å²) in [5, 5.41) is 14.9. The third-order valence-corrected chi connectivity index (χ3v) is 10.6. The summed E-state index contributed by atoms with van der Waals surface area (Å²) >= 11 is 13.8. The average Bonchev–Trinajstić information content (AvgIpc) is 2.87. The lowest BCUT2D eigenvalue weighted by Crippen LogP contribution is -2.66. The lowest BCUT2D eigenvalue weighted by Gasteiger charge is -2.64. The fourth-order valence-electron chi connectivity index (χ4n) is 8.08. The number of fused-ring (bicyclic) bond motifs is 1. The quantitative estimate of drug-likeness (QED) is 0.201. The topological polar surface area (TPSA) is 69.6 Å². The first kappa shape index (κ1) is 29.5. The lowest BCUT2D eigenvalue weighted by molar-refractivity contribution is -0.148. The normalized spacial score (nSPS) is 29.0. The summed E-state index contributed by atoms with van der Waals surface area (Å²) in [6.45, 7) is 0. The Bertz CT molecular complexity index is 1550. The van der Waals surface area contributed by atoms with Gasteiger partial charge >= 0.3 is 11.5 Å². The number of rotatable bonds is 7. The molecule has 0 aromatic heterocycles. The van der Waals surface area contributed by atoms with Crippen LogP contribution >= 0.6 is 35.0 Å². The summed E-state index contributed by atoms with van der Waals surface area (Å²) in [4.78, 5) is 27.4. The number of halogens is 5. The van der Waals surface area contributed by atoms with Crippen molar-refractivity contribution in [3.8, 4) is 0 Å². The summed E-state index contributed by atoms with van der Waals surface area (Å²) in [6, 6.07) is 15.6. The Morgan fingerprint density at radius 2 is 1.62 bits per heavy atom. The number of benzene rings is 3. The Morgan fingerprint density at radius 3 is 2.21 bits per heavy atom. The number of thioether (sulfide) groups is 1. The van der Waals surface area contributed by atoms with E-state index in [1.807, 2.05) is 24.3 Å². The van der Waals surface area contributed by atoms with Crippen molar-refractivity contribution in [3.63, 3.8) is 0 Å². The van der Waals surface area contributed by atoms with Gasteiger partial charge in [0.1, 0.15) is 6.04 Å². The average molecular weight is 638 g/mol. The molecule has 0 spiro atoms. The summed E-state index contributed by atoms with van der Waals surface area (Å²) in [7, 11) is 1.73. The summed E-state index contributed by atoms with van der Waals surface area (Å²) < 4.78 is 38.6. The van der Waals surface area contributed by atoms with Gasteiger partial charge < -0.3 is 15.3 Å². The van der Waals surface area contributed by atoms with E-state index in [1.165, 1.54) is 12.1 Å². The monoisotopic (exact) mass is 636 g/mol. The van der Waals surface area contributed by atoms with E-state index in [4.69, 9.17) is 23.2 Å². The Morgan fingerprint density at radius 1 is 0.976 bits per heavy atom. The fourth-order valence-corrected chi connectivity index (χ4v) is 10.2. The molecule has 0 heterocycles. The van der Waals surface area contributed by atoms with E-state index >= 15 is 0 Å². The van der Waals surface area contributed by atoms with Crippen LogP contribution in [0.1, 0.15) is 48.9 Å². The number of carbonyl (C=O) groups is 2. The molecule has 11 heteroatoms. The van der Waals surface area contributed by atoms with Gasteiger partial charge in [0, 0.05) is 38.2 Å². The van der Waals surface area contributed by atoms with Crippen LogP contribution in [0.4, 0.5) is 24.5 Å². The molecule has 0 aliphatic heterocycles. The molecule has 1 amide bonds. The zero-order chi connectivity index (χ0) is 30.1. The van der Waals surface area contributed by atoms with Crippen LogP contribution < -0.4 is 10.2 Å². The number of carboxylic acid groups (broad SMARTS) is 1. The molecule has 5 nitrogen and oxygen atoms in total. The molecule has 4 bridgehead atoms. The Hall–Kier alpha value is -2.62. The van der Waals surface area contributed by atoms with Gasteiger partial charge in [-0.15, -0.1) is 23.2 Å². The second-order valence-corrected chi connectivity index (χ2v) is 14.9. The maximum absolute atomic E-state index is 14.0. The number of hydrogen-bond acceptors (Lipinski definition) is 4. The van der Waals surface area contributed by atoms with Gasteiger partial charge in [0.2, 0.25) is 0 Å². The van der Waals surface area contributed by atoms with Crippen LogP contribution in [0.3, 0.4) is 0 Å². The number of hydrogen-bond donors (Lipinski definition) is 2. The van der Waals surface area contributed by atoms with Gasteiger partial charge in [-0.1, -0.05) is 30.3 Å². The predicted molar refractivity (Wildman–Crippen MR) is 160 cm³/mol. The second-order valence-electron chi connectivity index (χ2n) is 12.2. The fraction of sp³-hybridized carbons (Fsp3) is 0.419. The minimum absolute atomic E-state index is 0.0459. The number of alkyl halides is 5. The van der Waals surface area contributed by atoms with E-state index < -0.39 is 38.6 Å². The van der Waals surface area contributed by atoms with Crippen LogP contribution in [0.15, 0.2) is 65.6 Å². The van der Waals surface area contributed by atoms with Crippen molar-refractivity contribution in [2.75, 3.05) is 11.9 Å². The van der Waals surface area contributed by atoms with E-state index in [0.29, 0.717) is 37.1 Å². The molecule has 7 rings (SSSR count). The van der Waals surface area contributed by atoms with Crippen LogP contribution in [0.5, 0.6) is 0 Å². The van der Waals surface area contributed by atoms with Gasteiger partial charge in [0.15, 0.2) is 0 Å². The standard InChI is InChI=1S/C31H29Cl2F3N2O3S/c1-38(20-7-9-21(10-8-20)42-31(34,35)36)24-22-5-3-2-4-19(22)6-11-23(24)26(39)37-25(27(40)41)28-12-18-13-29(32,15-28)17-30(33,14-18)16-28/h2-11,18,25H,12-17H2,1H3,(H,37,39)(H,40,41)/t18?,25-,28?,29?,30?/m1/s1. The van der Waals surface area contributed by atoms with E-state index in [1.54, 1.807) is 36.2 Å². The first-order valence-electron chi connectivity index (χ1n) is 13.7. The molecule has 3 aromatic carbocycles. The smallest absolute Gasteiger partial charge is 0.446 e. The number of anilines is 2. The summed E-state index contributed by atoms with van der Waals surface area (Å²) in [6.07, 6.45) is 3.80. The highest BCUT2D eigenvalue weighted by Gasteiger charge is 2.66. The molecule has 0 radical (unpaired) electrons. The van der Waals surface area contributed by atoms with Crippen molar-refractivity contribution in [1.82, 2.24) is 5.32 Å². The zero-order valence-corrected chi connectivity index (χ0v) is 25.0. The minimum Gasteiger partial charge on any atom is -0.480 e. The van der Waals surface area contributed by atoms with Crippen molar-refractivity contribution >= 4 is 69.0 Å². The molecule has 4 aliphatic carbocycles. The number of nitrogens with zero attached hydrogens (tertiary/aromatic N) is 1. The van der Waals surface area contributed by atoms with Crippen LogP contribution in [0, 0.1) is 11.3 Å². The highest BCUT2D eigenvalue weighted by molar-refractivity contribution is 8.00. The summed E-state index contributed by atoms with van der Waals surface area (Å²) in [5.41, 5.74) is -3.84. The maximum Gasteiger partial charge on any atom is 0.446 e. The first-order chi connectivity index (χ1) is 19.7. The van der Waals surface area contributed by atoms with Crippen LogP contribution in [0.2, 0.25) is 0 Å². The molecule has 0 saturated heterocycles. The first-order valence-corrected chi connectivity index (χ1v) is 15.3. The van der Waals surface area contributed by atoms with Crippen molar-refractivity contribution in [2.45, 2.75) is 64.7 Å². The highest BCUT2D eigenvalue weighted by Crippen LogP contribution is 2.68. The third-order valence-electron chi connectivity index (χ3n) is 9.05. The molecule has 42 heavy (non-hydrogen) atoms. The van der Waals surface area contributed by atoms with Crippen molar-refractivity contribution in [3.05, 3.63) is 66.2 Å². The van der Waals surface area contributed by atoms with Gasteiger partial charge in [-0.2, -0.15) is 13.2 Å². The molecule has 222 valence electrons. The van der Waals surface area contributed by atoms with Crippen molar-refractivity contribution < 1.29 is 27.9 Å². The highest BCUT2D eigenvalue weighted by atomic mass is 35.5. The van der Waals surface area contributed by atoms with Gasteiger partial charge in [-0.25, -0.2) is 4.79 Å². The van der Waals surface area contributed by atoms with Gasteiger partial charge in [-0.3, -0.25) is 4.79 Å². The summed E-state index contributed by atoms with van der Waals surface area (Å²) in [5.74, 6) is -1.47. The minimum atomic E-state index is -4.40.